The lowest BCUT2D eigenvalue weighted by atomic mass is 9.92. The molecule has 0 aliphatic heterocycles. The van der Waals surface area contributed by atoms with E-state index < -0.39 is 12.2 Å². The molecule has 3 heteroatoms. The third kappa shape index (κ3) is 3.63. The van der Waals surface area contributed by atoms with Crippen LogP contribution in [0.15, 0.2) is 30.3 Å². The second-order valence-electron chi connectivity index (χ2n) is 3.90. The standard InChI is InChI=1S/C12H18O3/c1-9(7-11(14)8-13)12(15)10-5-3-2-4-6-10/h2-6,9,11-15H,7-8H2,1H3. The smallest absolute Gasteiger partial charge is 0.0816 e. The molecule has 0 bridgehead atoms. The molecular weight excluding hydrogens is 192 g/mol. The summed E-state index contributed by atoms with van der Waals surface area (Å²) in [5.74, 6) is -0.0745. The number of aliphatic hydroxyl groups is 3. The Labute approximate surface area is 90.0 Å². The van der Waals surface area contributed by atoms with Crippen molar-refractivity contribution in [2.24, 2.45) is 5.92 Å². The van der Waals surface area contributed by atoms with Crippen LogP contribution in [0.25, 0.3) is 0 Å². The van der Waals surface area contributed by atoms with Gasteiger partial charge in [0.15, 0.2) is 0 Å². The van der Waals surface area contributed by atoms with E-state index in [0.29, 0.717) is 6.42 Å². The monoisotopic (exact) mass is 210 g/mol. The molecule has 1 rings (SSSR count). The molecule has 1 aromatic rings. The van der Waals surface area contributed by atoms with Gasteiger partial charge in [-0.15, -0.1) is 0 Å². The average Bonchev–Trinajstić information content (AvgIpc) is 2.29. The van der Waals surface area contributed by atoms with Crippen LogP contribution < -0.4 is 0 Å². The molecule has 84 valence electrons. The van der Waals surface area contributed by atoms with Gasteiger partial charge in [0.05, 0.1) is 18.8 Å². The Morgan fingerprint density at radius 1 is 1.13 bits per heavy atom. The van der Waals surface area contributed by atoms with Gasteiger partial charge in [0, 0.05) is 0 Å². The molecule has 15 heavy (non-hydrogen) atoms. The molecule has 3 N–H and O–H groups in total. The zero-order valence-corrected chi connectivity index (χ0v) is 8.87. The van der Waals surface area contributed by atoms with Gasteiger partial charge in [0.1, 0.15) is 0 Å². The molecule has 0 radical (unpaired) electrons. The largest absolute Gasteiger partial charge is 0.394 e. The SMILES string of the molecule is CC(CC(O)CO)C(O)c1ccccc1. The molecule has 0 saturated heterocycles. The van der Waals surface area contributed by atoms with Gasteiger partial charge in [-0.25, -0.2) is 0 Å². The third-order valence-corrected chi connectivity index (χ3v) is 2.53. The van der Waals surface area contributed by atoms with E-state index in [1.165, 1.54) is 0 Å². The van der Waals surface area contributed by atoms with Crippen LogP contribution in [0.2, 0.25) is 0 Å². The molecule has 0 fully saturated rings. The van der Waals surface area contributed by atoms with Gasteiger partial charge >= 0.3 is 0 Å². The lowest BCUT2D eigenvalue weighted by Crippen LogP contribution is -2.20. The van der Waals surface area contributed by atoms with E-state index in [2.05, 4.69) is 0 Å². The Kier molecular flexibility index (Phi) is 4.75. The molecular formula is C12H18O3. The highest BCUT2D eigenvalue weighted by Crippen LogP contribution is 2.24. The summed E-state index contributed by atoms with van der Waals surface area (Å²) in [7, 11) is 0. The second kappa shape index (κ2) is 5.85. The lowest BCUT2D eigenvalue weighted by molar-refractivity contribution is 0.0396. The van der Waals surface area contributed by atoms with Crippen molar-refractivity contribution in [2.75, 3.05) is 6.61 Å². The Hall–Kier alpha value is -0.900. The van der Waals surface area contributed by atoms with Crippen molar-refractivity contribution in [2.45, 2.75) is 25.6 Å². The zero-order chi connectivity index (χ0) is 11.3. The predicted octanol–water partition coefficient (Wildman–Crippen LogP) is 1.10. The Bertz CT molecular complexity index is 273. The van der Waals surface area contributed by atoms with Crippen molar-refractivity contribution in [3.63, 3.8) is 0 Å². The van der Waals surface area contributed by atoms with Crippen molar-refractivity contribution in [3.05, 3.63) is 35.9 Å². The summed E-state index contributed by atoms with van der Waals surface area (Å²) in [6, 6.07) is 9.34. The van der Waals surface area contributed by atoms with Crippen molar-refractivity contribution < 1.29 is 15.3 Å². The van der Waals surface area contributed by atoms with E-state index in [1.807, 2.05) is 37.3 Å². The lowest BCUT2D eigenvalue weighted by Gasteiger charge is -2.21. The van der Waals surface area contributed by atoms with Crippen LogP contribution in [0.3, 0.4) is 0 Å². The van der Waals surface area contributed by atoms with E-state index in [1.54, 1.807) is 0 Å². The maximum atomic E-state index is 9.94. The summed E-state index contributed by atoms with van der Waals surface area (Å²) in [5, 5.41) is 27.9. The maximum absolute atomic E-state index is 9.94. The predicted molar refractivity (Wildman–Crippen MR) is 58.3 cm³/mol. The van der Waals surface area contributed by atoms with Crippen LogP contribution in [-0.2, 0) is 0 Å². The molecule has 0 spiro atoms. The fraction of sp³-hybridized carbons (Fsp3) is 0.500. The minimum absolute atomic E-state index is 0.0745. The van der Waals surface area contributed by atoms with Crippen LogP contribution in [0, 0.1) is 5.92 Å². The third-order valence-electron chi connectivity index (χ3n) is 2.53. The van der Waals surface area contributed by atoms with Crippen molar-refractivity contribution in [1.29, 1.82) is 0 Å². The number of benzene rings is 1. The van der Waals surface area contributed by atoms with Crippen LogP contribution in [-0.4, -0.2) is 28.0 Å². The fourth-order valence-electron chi connectivity index (χ4n) is 1.61. The van der Waals surface area contributed by atoms with Crippen LogP contribution in [0.4, 0.5) is 0 Å². The quantitative estimate of drug-likeness (QED) is 0.682. The topological polar surface area (TPSA) is 60.7 Å². The van der Waals surface area contributed by atoms with E-state index in [0.717, 1.165) is 5.56 Å². The highest BCUT2D eigenvalue weighted by Gasteiger charge is 2.18. The number of aliphatic hydroxyl groups excluding tert-OH is 3. The molecule has 3 unspecified atom stereocenters. The molecule has 0 aliphatic carbocycles. The van der Waals surface area contributed by atoms with E-state index in [-0.39, 0.29) is 12.5 Å². The van der Waals surface area contributed by atoms with E-state index in [9.17, 15) is 10.2 Å². The normalized spacial score (nSPS) is 17.1. The van der Waals surface area contributed by atoms with Gasteiger partial charge < -0.3 is 15.3 Å². The Morgan fingerprint density at radius 2 is 1.73 bits per heavy atom. The number of rotatable bonds is 5. The van der Waals surface area contributed by atoms with Gasteiger partial charge in [-0.05, 0) is 17.9 Å². The van der Waals surface area contributed by atoms with Gasteiger partial charge in [-0.2, -0.15) is 0 Å². The highest BCUT2D eigenvalue weighted by atomic mass is 16.3. The van der Waals surface area contributed by atoms with E-state index in [4.69, 9.17) is 5.11 Å². The fourth-order valence-corrected chi connectivity index (χ4v) is 1.61. The summed E-state index contributed by atoms with van der Waals surface area (Å²) in [6.07, 6.45) is -0.946. The summed E-state index contributed by atoms with van der Waals surface area (Å²) in [5.41, 5.74) is 0.843. The highest BCUT2D eigenvalue weighted by molar-refractivity contribution is 5.17. The maximum Gasteiger partial charge on any atom is 0.0816 e. The first-order valence-corrected chi connectivity index (χ1v) is 5.17. The summed E-state index contributed by atoms with van der Waals surface area (Å²) in [4.78, 5) is 0. The minimum atomic E-state index is -0.752. The molecule has 3 nitrogen and oxygen atoms in total. The molecule has 0 amide bonds. The van der Waals surface area contributed by atoms with Crippen molar-refractivity contribution in [3.8, 4) is 0 Å². The average molecular weight is 210 g/mol. The van der Waals surface area contributed by atoms with Crippen LogP contribution in [0.5, 0.6) is 0 Å². The van der Waals surface area contributed by atoms with Crippen LogP contribution in [0.1, 0.15) is 25.0 Å². The van der Waals surface area contributed by atoms with Crippen molar-refractivity contribution in [1.82, 2.24) is 0 Å². The van der Waals surface area contributed by atoms with Crippen molar-refractivity contribution >= 4 is 0 Å². The minimum Gasteiger partial charge on any atom is -0.394 e. The van der Waals surface area contributed by atoms with Gasteiger partial charge in [0.25, 0.3) is 0 Å². The van der Waals surface area contributed by atoms with Crippen LogP contribution >= 0.6 is 0 Å². The summed E-state index contributed by atoms with van der Waals surface area (Å²) >= 11 is 0. The first-order chi connectivity index (χ1) is 7.15. The number of hydrogen-bond donors (Lipinski definition) is 3. The van der Waals surface area contributed by atoms with Gasteiger partial charge in [-0.3, -0.25) is 0 Å². The molecule has 1 aromatic carbocycles. The molecule has 3 atom stereocenters. The van der Waals surface area contributed by atoms with Gasteiger partial charge in [-0.1, -0.05) is 37.3 Å². The van der Waals surface area contributed by atoms with Gasteiger partial charge in [0.2, 0.25) is 0 Å². The second-order valence-corrected chi connectivity index (χ2v) is 3.90. The first kappa shape index (κ1) is 12.2. The number of hydrogen-bond acceptors (Lipinski definition) is 3. The first-order valence-electron chi connectivity index (χ1n) is 5.17. The molecule has 0 saturated carbocycles. The molecule has 0 aliphatic rings. The zero-order valence-electron chi connectivity index (χ0n) is 8.87. The molecule has 0 aromatic heterocycles. The molecule has 0 heterocycles. The Morgan fingerprint density at radius 3 is 2.27 bits per heavy atom. The summed E-state index contributed by atoms with van der Waals surface area (Å²) < 4.78 is 0. The van der Waals surface area contributed by atoms with E-state index >= 15 is 0 Å². The Balaban J connectivity index is 2.57. The summed E-state index contributed by atoms with van der Waals surface area (Å²) in [6.45, 7) is 1.60.